The topological polar surface area (TPSA) is 54.0 Å². The molecule has 0 aliphatic rings. The molecule has 0 fully saturated rings. The van der Waals surface area contributed by atoms with Crippen molar-refractivity contribution >= 4 is 11.0 Å². The summed E-state index contributed by atoms with van der Waals surface area (Å²) < 4.78 is 5.40. The maximum Gasteiger partial charge on any atom is 0.210 e. The van der Waals surface area contributed by atoms with Crippen molar-refractivity contribution in [1.82, 2.24) is 0 Å². The molecule has 0 saturated carbocycles. The van der Waals surface area contributed by atoms with Gasteiger partial charge in [-0.2, -0.15) is 5.26 Å². The molecule has 0 unspecified atom stereocenters. The predicted octanol–water partition coefficient (Wildman–Crippen LogP) is 2.28. The Labute approximate surface area is 86.6 Å². The van der Waals surface area contributed by atoms with Crippen LogP contribution in [-0.4, -0.2) is 0 Å². The summed E-state index contributed by atoms with van der Waals surface area (Å²) in [6.07, 6.45) is 0. The average molecular weight is 199 g/mol. The Hall–Kier alpha value is -2.08. The van der Waals surface area contributed by atoms with Gasteiger partial charge in [0.05, 0.1) is 5.39 Å². The van der Waals surface area contributed by atoms with Crippen LogP contribution < -0.4 is 5.43 Å². The van der Waals surface area contributed by atoms with Gasteiger partial charge in [-0.25, -0.2) is 0 Å². The van der Waals surface area contributed by atoms with E-state index in [0.717, 1.165) is 5.56 Å². The van der Waals surface area contributed by atoms with Crippen LogP contribution in [0.15, 0.2) is 27.4 Å². The fraction of sp³-hybridized carbons (Fsp3) is 0.167. The second kappa shape index (κ2) is 3.25. The number of rotatable bonds is 0. The minimum Gasteiger partial charge on any atom is -0.460 e. The average Bonchev–Trinajstić information content (AvgIpc) is 2.20. The van der Waals surface area contributed by atoms with E-state index in [1.807, 2.05) is 19.1 Å². The lowest BCUT2D eigenvalue weighted by molar-refractivity contribution is 0.562. The van der Waals surface area contributed by atoms with E-state index < -0.39 is 0 Å². The third kappa shape index (κ3) is 1.40. The molecule has 0 radical (unpaired) electrons. The maximum absolute atomic E-state index is 11.9. The first kappa shape index (κ1) is 9.47. The van der Waals surface area contributed by atoms with Gasteiger partial charge in [0.15, 0.2) is 0 Å². The van der Waals surface area contributed by atoms with Gasteiger partial charge in [-0.1, -0.05) is 11.6 Å². The fourth-order valence-electron chi connectivity index (χ4n) is 1.55. The summed E-state index contributed by atoms with van der Waals surface area (Å²) in [6.45, 7) is 3.52. The van der Waals surface area contributed by atoms with Crippen LogP contribution in [0, 0.1) is 25.2 Å². The highest BCUT2D eigenvalue weighted by Crippen LogP contribution is 2.15. The van der Waals surface area contributed by atoms with Gasteiger partial charge in [0, 0.05) is 0 Å². The number of fused-ring (bicyclic) bond motifs is 1. The molecule has 3 heteroatoms. The SMILES string of the molecule is Cc1ccc2oc(C)c(C#N)c(=O)c2c1. The van der Waals surface area contributed by atoms with Crippen molar-refractivity contribution in [2.45, 2.75) is 13.8 Å². The lowest BCUT2D eigenvalue weighted by Gasteiger charge is -2.01. The van der Waals surface area contributed by atoms with Crippen LogP contribution in [-0.2, 0) is 0 Å². The molecule has 0 aliphatic carbocycles. The van der Waals surface area contributed by atoms with E-state index in [1.54, 1.807) is 19.1 Å². The Morgan fingerprint density at radius 3 is 2.73 bits per heavy atom. The van der Waals surface area contributed by atoms with Crippen molar-refractivity contribution in [2.75, 3.05) is 0 Å². The first-order valence-electron chi connectivity index (χ1n) is 4.57. The fourth-order valence-corrected chi connectivity index (χ4v) is 1.55. The summed E-state index contributed by atoms with van der Waals surface area (Å²) >= 11 is 0. The van der Waals surface area contributed by atoms with Gasteiger partial charge >= 0.3 is 0 Å². The summed E-state index contributed by atoms with van der Waals surface area (Å²) in [5.74, 6) is 0.374. The van der Waals surface area contributed by atoms with Gasteiger partial charge in [-0.15, -0.1) is 0 Å². The number of nitrogens with zero attached hydrogens (tertiary/aromatic N) is 1. The summed E-state index contributed by atoms with van der Waals surface area (Å²) in [6, 6.07) is 7.23. The molecular weight excluding hydrogens is 190 g/mol. The second-order valence-electron chi connectivity index (χ2n) is 3.47. The van der Waals surface area contributed by atoms with E-state index in [1.165, 1.54) is 0 Å². The Morgan fingerprint density at radius 1 is 1.33 bits per heavy atom. The molecule has 0 aliphatic heterocycles. The molecule has 15 heavy (non-hydrogen) atoms. The van der Waals surface area contributed by atoms with Crippen molar-refractivity contribution in [3.8, 4) is 6.07 Å². The monoisotopic (exact) mass is 199 g/mol. The Balaban J connectivity index is 3.01. The molecule has 2 aromatic rings. The van der Waals surface area contributed by atoms with Crippen molar-refractivity contribution in [2.24, 2.45) is 0 Å². The zero-order chi connectivity index (χ0) is 11.0. The first-order chi connectivity index (χ1) is 7.13. The highest BCUT2D eigenvalue weighted by Gasteiger charge is 2.10. The van der Waals surface area contributed by atoms with Crippen molar-refractivity contribution in [1.29, 1.82) is 5.26 Å². The Bertz CT molecular complexity index is 632. The number of benzene rings is 1. The van der Waals surface area contributed by atoms with Crippen LogP contribution in [0.4, 0.5) is 0 Å². The van der Waals surface area contributed by atoms with Crippen LogP contribution in [0.1, 0.15) is 16.9 Å². The van der Waals surface area contributed by atoms with E-state index in [9.17, 15) is 4.79 Å². The van der Waals surface area contributed by atoms with E-state index in [4.69, 9.17) is 9.68 Å². The molecule has 1 aromatic heterocycles. The van der Waals surface area contributed by atoms with Crippen LogP contribution in [0.3, 0.4) is 0 Å². The van der Waals surface area contributed by atoms with E-state index in [0.29, 0.717) is 16.7 Å². The van der Waals surface area contributed by atoms with E-state index in [2.05, 4.69) is 0 Å². The Morgan fingerprint density at radius 2 is 2.07 bits per heavy atom. The maximum atomic E-state index is 11.9. The molecule has 1 aromatic carbocycles. The number of aryl methyl sites for hydroxylation is 2. The molecule has 0 atom stereocenters. The van der Waals surface area contributed by atoms with Crippen LogP contribution >= 0.6 is 0 Å². The zero-order valence-electron chi connectivity index (χ0n) is 8.50. The summed E-state index contributed by atoms with van der Waals surface area (Å²) in [4.78, 5) is 11.9. The predicted molar refractivity (Wildman–Crippen MR) is 56.7 cm³/mol. The van der Waals surface area contributed by atoms with Crippen LogP contribution in [0.5, 0.6) is 0 Å². The zero-order valence-corrected chi connectivity index (χ0v) is 8.50. The lowest BCUT2D eigenvalue weighted by atomic mass is 10.1. The number of hydrogen-bond donors (Lipinski definition) is 0. The summed E-state index contributed by atoms with van der Waals surface area (Å²) in [5.41, 5.74) is 1.35. The molecule has 3 nitrogen and oxygen atoms in total. The smallest absolute Gasteiger partial charge is 0.210 e. The molecular formula is C12H9NO2. The highest BCUT2D eigenvalue weighted by atomic mass is 16.3. The molecule has 1 heterocycles. The summed E-state index contributed by atoms with van der Waals surface area (Å²) in [5, 5.41) is 9.29. The van der Waals surface area contributed by atoms with Gasteiger partial charge in [-0.3, -0.25) is 4.79 Å². The third-order valence-corrected chi connectivity index (χ3v) is 2.33. The third-order valence-electron chi connectivity index (χ3n) is 2.33. The number of nitriles is 1. The van der Waals surface area contributed by atoms with Crippen LogP contribution in [0.2, 0.25) is 0 Å². The molecule has 0 N–H and O–H groups in total. The van der Waals surface area contributed by atoms with Gasteiger partial charge < -0.3 is 4.42 Å². The normalized spacial score (nSPS) is 10.2. The minimum absolute atomic E-state index is 0.0908. The highest BCUT2D eigenvalue weighted by molar-refractivity contribution is 5.78. The lowest BCUT2D eigenvalue weighted by Crippen LogP contribution is -2.08. The molecule has 74 valence electrons. The van der Waals surface area contributed by atoms with Crippen molar-refractivity contribution in [3.63, 3.8) is 0 Å². The molecule has 0 saturated heterocycles. The number of hydrogen-bond acceptors (Lipinski definition) is 3. The quantitative estimate of drug-likeness (QED) is 0.654. The summed E-state index contributed by atoms with van der Waals surface area (Å²) in [7, 11) is 0. The molecule has 0 amide bonds. The van der Waals surface area contributed by atoms with Crippen LogP contribution in [0.25, 0.3) is 11.0 Å². The molecule has 2 rings (SSSR count). The minimum atomic E-state index is -0.250. The first-order valence-corrected chi connectivity index (χ1v) is 4.57. The Kier molecular flexibility index (Phi) is 2.05. The molecule has 0 spiro atoms. The standard InChI is InChI=1S/C12H9NO2/c1-7-3-4-11-9(5-7)12(14)10(6-13)8(2)15-11/h3-5H,1-2H3. The van der Waals surface area contributed by atoms with Crippen molar-refractivity contribution in [3.05, 3.63) is 45.3 Å². The van der Waals surface area contributed by atoms with Gasteiger partial charge in [0.2, 0.25) is 5.43 Å². The molecule has 0 bridgehead atoms. The van der Waals surface area contributed by atoms with Gasteiger partial charge in [0.25, 0.3) is 0 Å². The largest absolute Gasteiger partial charge is 0.460 e. The van der Waals surface area contributed by atoms with Crippen molar-refractivity contribution < 1.29 is 4.42 Å². The van der Waals surface area contributed by atoms with E-state index >= 15 is 0 Å². The van der Waals surface area contributed by atoms with E-state index in [-0.39, 0.29) is 11.0 Å². The van der Waals surface area contributed by atoms with Gasteiger partial charge in [-0.05, 0) is 26.0 Å². The second-order valence-corrected chi connectivity index (χ2v) is 3.47. The van der Waals surface area contributed by atoms with Gasteiger partial charge in [0.1, 0.15) is 23.0 Å².